The second kappa shape index (κ2) is 6.62. The van der Waals surface area contributed by atoms with Crippen LogP contribution in [-0.4, -0.2) is 18.5 Å². The molecule has 100 valence electrons. The van der Waals surface area contributed by atoms with E-state index in [1.807, 2.05) is 0 Å². The smallest absolute Gasteiger partial charge is 0.251 e. The summed E-state index contributed by atoms with van der Waals surface area (Å²) >= 11 is 11.6. The number of halogens is 3. The van der Waals surface area contributed by atoms with Gasteiger partial charge in [0.1, 0.15) is 0 Å². The van der Waals surface area contributed by atoms with Crippen molar-refractivity contribution < 1.29 is 4.79 Å². The molecule has 1 fully saturated rings. The fraction of sp³-hybridized carbons (Fsp3) is 0.417. The van der Waals surface area contributed by atoms with Crippen molar-refractivity contribution in [1.29, 1.82) is 0 Å². The van der Waals surface area contributed by atoms with Gasteiger partial charge in [0.2, 0.25) is 0 Å². The second-order valence-electron chi connectivity index (χ2n) is 4.34. The van der Waals surface area contributed by atoms with Gasteiger partial charge in [-0.2, -0.15) is 0 Å². The number of amides is 1. The molecule has 2 rings (SSSR count). The van der Waals surface area contributed by atoms with E-state index in [-0.39, 0.29) is 24.4 Å². The van der Waals surface area contributed by atoms with Crippen LogP contribution in [-0.2, 0) is 0 Å². The number of nitrogens with two attached hydrogens (primary N) is 1. The predicted molar refractivity (Wildman–Crippen MR) is 76.7 cm³/mol. The van der Waals surface area contributed by atoms with Crippen LogP contribution < -0.4 is 11.1 Å². The lowest BCUT2D eigenvalue weighted by Gasteiger charge is -2.11. The van der Waals surface area contributed by atoms with Crippen LogP contribution in [0.4, 0.5) is 0 Å². The van der Waals surface area contributed by atoms with Crippen LogP contribution >= 0.6 is 35.6 Å². The van der Waals surface area contributed by atoms with E-state index in [2.05, 4.69) is 5.32 Å². The molecule has 3 N–H and O–H groups in total. The van der Waals surface area contributed by atoms with Gasteiger partial charge in [-0.3, -0.25) is 4.79 Å². The van der Waals surface area contributed by atoms with E-state index in [1.165, 1.54) is 12.8 Å². The quantitative estimate of drug-likeness (QED) is 0.898. The highest BCUT2D eigenvalue weighted by molar-refractivity contribution is 6.42. The van der Waals surface area contributed by atoms with Crippen molar-refractivity contribution >= 4 is 41.5 Å². The SMILES string of the molecule is Cl.NC(CNC(=O)c1ccc(Cl)c(Cl)c1)C1CC1. The van der Waals surface area contributed by atoms with Gasteiger partial charge in [0.05, 0.1) is 10.0 Å². The van der Waals surface area contributed by atoms with Gasteiger partial charge < -0.3 is 11.1 Å². The summed E-state index contributed by atoms with van der Waals surface area (Å²) < 4.78 is 0. The van der Waals surface area contributed by atoms with Crippen LogP contribution in [0, 0.1) is 5.92 Å². The summed E-state index contributed by atoms with van der Waals surface area (Å²) in [6.45, 7) is 0.504. The second-order valence-corrected chi connectivity index (χ2v) is 5.15. The van der Waals surface area contributed by atoms with E-state index in [4.69, 9.17) is 28.9 Å². The minimum absolute atomic E-state index is 0. The summed E-state index contributed by atoms with van der Waals surface area (Å²) in [6, 6.07) is 4.87. The van der Waals surface area contributed by atoms with E-state index in [1.54, 1.807) is 18.2 Å². The number of rotatable bonds is 4. The van der Waals surface area contributed by atoms with E-state index >= 15 is 0 Å². The van der Waals surface area contributed by atoms with Crippen LogP contribution in [0.15, 0.2) is 18.2 Å². The number of nitrogens with one attached hydrogen (secondary N) is 1. The maximum Gasteiger partial charge on any atom is 0.251 e. The molecule has 0 radical (unpaired) electrons. The first-order valence-electron chi connectivity index (χ1n) is 5.57. The van der Waals surface area contributed by atoms with Gasteiger partial charge in [-0.05, 0) is 37.0 Å². The summed E-state index contributed by atoms with van der Waals surface area (Å²) in [5.74, 6) is 0.406. The molecule has 0 spiro atoms. The Morgan fingerprint density at radius 3 is 2.61 bits per heavy atom. The topological polar surface area (TPSA) is 55.1 Å². The number of carbonyl (C=O) groups is 1. The monoisotopic (exact) mass is 308 g/mol. The van der Waals surface area contributed by atoms with Gasteiger partial charge in [0, 0.05) is 18.2 Å². The van der Waals surface area contributed by atoms with Gasteiger partial charge in [0.25, 0.3) is 5.91 Å². The number of hydrogen-bond acceptors (Lipinski definition) is 2. The molecule has 18 heavy (non-hydrogen) atoms. The molecule has 1 aromatic rings. The zero-order valence-corrected chi connectivity index (χ0v) is 12.0. The normalized spacial score (nSPS) is 15.7. The fourth-order valence-electron chi connectivity index (χ4n) is 1.64. The molecule has 0 aromatic heterocycles. The average molecular weight is 310 g/mol. The first kappa shape index (κ1) is 15.6. The van der Waals surface area contributed by atoms with Crippen LogP contribution in [0.5, 0.6) is 0 Å². The molecule has 1 aromatic carbocycles. The van der Waals surface area contributed by atoms with Gasteiger partial charge in [-0.25, -0.2) is 0 Å². The molecule has 1 aliphatic rings. The van der Waals surface area contributed by atoms with E-state index in [0.29, 0.717) is 28.1 Å². The molecular weight excluding hydrogens is 295 g/mol. The summed E-state index contributed by atoms with van der Waals surface area (Å²) in [6.07, 6.45) is 2.34. The molecule has 0 bridgehead atoms. The standard InChI is InChI=1S/C12H14Cl2N2O.ClH/c13-9-4-3-8(5-10(9)14)12(17)16-6-11(15)7-1-2-7;/h3-5,7,11H,1-2,6,15H2,(H,16,17);1H. The van der Waals surface area contributed by atoms with Gasteiger partial charge in [-0.1, -0.05) is 23.2 Å². The third-order valence-corrected chi connectivity index (χ3v) is 3.65. The summed E-state index contributed by atoms with van der Waals surface area (Å²) in [5, 5.41) is 3.62. The Labute approximate surface area is 122 Å². The van der Waals surface area contributed by atoms with Crippen molar-refractivity contribution in [1.82, 2.24) is 5.32 Å². The Bertz CT molecular complexity index is 435. The number of carbonyl (C=O) groups excluding carboxylic acids is 1. The number of benzene rings is 1. The van der Waals surface area contributed by atoms with Crippen LogP contribution in [0.25, 0.3) is 0 Å². The summed E-state index contributed by atoms with van der Waals surface area (Å²) in [4.78, 5) is 11.8. The van der Waals surface area contributed by atoms with Crippen molar-refractivity contribution in [2.24, 2.45) is 11.7 Å². The minimum Gasteiger partial charge on any atom is -0.350 e. The first-order valence-corrected chi connectivity index (χ1v) is 6.32. The molecule has 1 unspecified atom stereocenters. The molecule has 0 saturated heterocycles. The molecule has 1 aliphatic carbocycles. The average Bonchev–Trinajstić information content (AvgIpc) is 3.13. The Hall–Kier alpha value is -0.480. The highest BCUT2D eigenvalue weighted by Crippen LogP contribution is 2.31. The molecule has 1 atom stereocenters. The summed E-state index contributed by atoms with van der Waals surface area (Å²) in [5.41, 5.74) is 6.40. The van der Waals surface area contributed by atoms with Gasteiger partial charge >= 0.3 is 0 Å². The predicted octanol–water partition coefficient (Wildman–Crippen LogP) is 2.88. The lowest BCUT2D eigenvalue weighted by molar-refractivity contribution is 0.0950. The largest absolute Gasteiger partial charge is 0.350 e. The first-order chi connectivity index (χ1) is 8.08. The van der Waals surface area contributed by atoms with Gasteiger partial charge in [-0.15, -0.1) is 12.4 Å². The van der Waals surface area contributed by atoms with Crippen molar-refractivity contribution in [3.63, 3.8) is 0 Å². The van der Waals surface area contributed by atoms with Gasteiger partial charge in [0.15, 0.2) is 0 Å². The maximum atomic E-state index is 11.8. The molecule has 3 nitrogen and oxygen atoms in total. The third-order valence-electron chi connectivity index (χ3n) is 2.91. The van der Waals surface area contributed by atoms with E-state index in [9.17, 15) is 4.79 Å². The Kier molecular flexibility index (Phi) is 5.73. The Morgan fingerprint density at radius 1 is 1.39 bits per heavy atom. The zero-order chi connectivity index (χ0) is 12.4. The third kappa shape index (κ3) is 4.02. The molecule has 0 heterocycles. The van der Waals surface area contributed by atoms with Crippen molar-refractivity contribution in [3.05, 3.63) is 33.8 Å². The Balaban J connectivity index is 0.00000162. The van der Waals surface area contributed by atoms with Crippen LogP contribution in [0.3, 0.4) is 0 Å². The lowest BCUT2D eigenvalue weighted by atomic mass is 10.2. The van der Waals surface area contributed by atoms with Crippen LogP contribution in [0.2, 0.25) is 10.0 Å². The van der Waals surface area contributed by atoms with Crippen LogP contribution in [0.1, 0.15) is 23.2 Å². The van der Waals surface area contributed by atoms with E-state index < -0.39 is 0 Å². The highest BCUT2D eigenvalue weighted by atomic mass is 35.5. The van der Waals surface area contributed by atoms with Crippen molar-refractivity contribution in [3.8, 4) is 0 Å². The molecular formula is C12H15Cl3N2O. The minimum atomic E-state index is -0.167. The molecule has 6 heteroatoms. The van der Waals surface area contributed by atoms with Crippen molar-refractivity contribution in [2.45, 2.75) is 18.9 Å². The fourth-order valence-corrected chi connectivity index (χ4v) is 1.94. The molecule has 0 aliphatic heterocycles. The van der Waals surface area contributed by atoms with Crippen molar-refractivity contribution in [2.75, 3.05) is 6.54 Å². The Morgan fingerprint density at radius 2 is 2.06 bits per heavy atom. The molecule has 1 amide bonds. The zero-order valence-electron chi connectivity index (χ0n) is 9.66. The highest BCUT2D eigenvalue weighted by Gasteiger charge is 2.28. The summed E-state index contributed by atoms with van der Waals surface area (Å²) in [7, 11) is 0. The lowest BCUT2D eigenvalue weighted by Crippen LogP contribution is -2.38. The van der Waals surface area contributed by atoms with E-state index in [0.717, 1.165) is 0 Å². The maximum absolute atomic E-state index is 11.8. The molecule has 1 saturated carbocycles. The number of hydrogen-bond donors (Lipinski definition) is 2.